The molecule has 0 bridgehead atoms. The van der Waals surface area contributed by atoms with Gasteiger partial charge in [-0.1, -0.05) is 22.8 Å². The molecule has 2 aromatic heterocycles. The van der Waals surface area contributed by atoms with E-state index in [1.54, 1.807) is 35.6 Å². The molecule has 1 aromatic carbocycles. The summed E-state index contributed by atoms with van der Waals surface area (Å²) in [6, 6.07) is 12.9. The van der Waals surface area contributed by atoms with Gasteiger partial charge >= 0.3 is 0 Å². The van der Waals surface area contributed by atoms with Crippen LogP contribution >= 0.6 is 22.9 Å². The Morgan fingerprint density at radius 3 is 2.70 bits per heavy atom. The third-order valence-corrected chi connectivity index (χ3v) is 5.19. The van der Waals surface area contributed by atoms with Crippen molar-refractivity contribution in [3.63, 3.8) is 0 Å². The molecule has 0 unspecified atom stereocenters. The predicted molar refractivity (Wildman–Crippen MR) is 90.8 cm³/mol. The van der Waals surface area contributed by atoms with Crippen LogP contribution in [0.1, 0.15) is 18.5 Å². The molecule has 0 atom stereocenters. The Labute approximate surface area is 142 Å². The molecule has 0 saturated heterocycles. The molecular formula is C17H13ClN2O2S. The first-order chi connectivity index (χ1) is 11.2. The summed E-state index contributed by atoms with van der Waals surface area (Å²) < 4.78 is 5.41. The highest BCUT2D eigenvalue weighted by Gasteiger charge is 2.53. The smallest absolute Gasteiger partial charge is 0.236 e. The van der Waals surface area contributed by atoms with Crippen molar-refractivity contribution in [1.29, 1.82) is 0 Å². The fourth-order valence-corrected chi connectivity index (χ4v) is 3.34. The molecule has 6 heteroatoms. The van der Waals surface area contributed by atoms with E-state index in [1.165, 1.54) is 0 Å². The zero-order valence-electron chi connectivity index (χ0n) is 12.1. The number of nitrogens with zero attached hydrogens (tertiary/aromatic N) is 1. The second-order valence-corrected chi connectivity index (χ2v) is 6.98. The Balaban J connectivity index is 1.56. The molecule has 1 aliphatic rings. The van der Waals surface area contributed by atoms with Crippen LogP contribution in [0.15, 0.2) is 52.4 Å². The number of benzene rings is 1. The molecule has 0 aliphatic heterocycles. The molecule has 2 heterocycles. The summed E-state index contributed by atoms with van der Waals surface area (Å²) in [6.07, 6.45) is 1.56. The van der Waals surface area contributed by atoms with Crippen LogP contribution in [-0.2, 0) is 10.2 Å². The molecule has 23 heavy (non-hydrogen) atoms. The quantitative estimate of drug-likeness (QED) is 0.744. The van der Waals surface area contributed by atoms with Crippen LogP contribution in [0.2, 0.25) is 5.02 Å². The number of hydrogen-bond donors (Lipinski definition) is 1. The zero-order valence-corrected chi connectivity index (χ0v) is 13.7. The number of anilines is 1. The van der Waals surface area contributed by atoms with Crippen molar-refractivity contribution in [2.24, 2.45) is 0 Å². The van der Waals surface area contributed by atoms with Gasteiger partial charge in [0.2, 0.25) is 5.91 Å². The highest BCUT2D eigenvalue weighted by atomic mass is 35.5. The van der Waals surface area contributed by atoms with Crippen LogP contribution in [0.25, 0.3) is 10.6 Å². The second kappa shape index (κ2) is 5.51. The van der Waals surface area contributed by atoms with Crippen LogP contribution in [0.5, 0.6) is 0 Å². The fraction of sp³-hybridized carbons (Fsp3) is 0.176. The molecule has 1 saturated carbocycles. The summed E-state index contributed by atoms with van der Waals surface area (Å²) in [4.78, 5) is 13.7. The second-order valence-electron chi connectivity index (χ2n) is 5.60. The summed E-state index contributed by atoms with van der Waals surface area (Å²) in [5, 5.41) is 9.69. The standard InChI is InChI=1S/C17H13ClN2O2S/c18-11-3-5-12(6-4-11)19-16(21)17(7-8-17)15-10-13(22-20-15)14-2-1-9-23-14/h1-6,9-10H,7-8H2,(H,19,21). The number of aromatic nitrogens is 1. The number of thiophene rings is 1. The lowest BCUT2D eigenvalue weighted by Gasteiger charge is -2.12. The number of halogens is 1. The SMILES string of the molecule is O=C(Nc1ccc(Cl)cc1)C1(c2cc(-c3cccs3)on2)CC1. The molecule has 116 valence electrons. The monoisotopic (exact) mass is 344 g/mol. The minimum absolute atomic E-state index is 0.0501. The van der Waals surface area contributed by atoms with Crippen molar-refractivity contribution >= 4 is 34.5 Å². The van der Waals surface area contributed by atoms with Gasteiger partial charge in [0.25, 0.3) is 0 Å². The number of amides is 1. The van der Waals surface area contributed by atoms with Gasteiger partial charge in [-0.05, 0) is 48.6 Å². The van der Waals surface area contributed by atoms with Crippen molar-refractivity contribution in [2.75, 3.05) is 5.32 Å². The number of rotatable bonds is 4. The van der Waals surface area contributed by atoms with Gasteiger partial charge in [-0.3, -0.25) is 4.79 Å². The minimum Gasteiger partial charge on any atom is -0.355 e. The van der Waals surface area contributed by atoms with Gasteiger partial charge in [0.15, 0.2) is 5.76 Å². The van der Waals surface area contributed by atoms with E-state index in [2.05, 4.69) is 10.5 Å². The van der Waals surface area contributed by atoms with E-state index < -0.39 is 5.41 Å². The first-order valence-electron chi connectivity index (χ1n) is 7.25. The Kier molecular flexibility index (Phi) is 3.47. The maximum Gasteiger partial charge on any atom is 0.236 e. The van der Waals surface area contributed by atoms with Crippen LogP contribution in [0, 0.1) is 0 Å². The Hall–Kier alpha value is -2.11. The van der Waals surface area contributed by atoms with Crippen LogP contribution in [0.4, 0.5) is 5.69 Å². The van der Waals surface area contributed by atoms with E-state index >= 15 is 0 Å². The fourth-order valence-electron chi connectivity index (χ4n) is 2.54. The minimum atomic E-state index is -0.571. The number of hydrogen-bond acceptors (Lipinski definition) is 4. The van der Waals surface area contributed by atoms with Gasteiger partial charge in [-0.15, -0.1) is 11.3 Å². The van der Waals surface area contributed by atoms with E-state index in [0.29, 0.717) is 16.5 Å². The lowest BCUT2D eigenvalue weighted by atomic mass is 10.0. The van der Waals surface area contributed by atoms with E-state index in [9.17, 15) is 4.79 Å². The number of nitrogens with one attached hydrogen (secondary N) is 1. The van der Waals surface area contributed by atoms with Crippen molar-refractivity contribution in [3.8, 4) is 10.6 Å². The maximum atomic E-state index is 12.7. The topological polar surface area (TPSA) is 55.1 Å². The lowest BCUT2D eigenvalue weighted by Crippen LogP contribution is -2.28. The number of carbonyl (C=O) groups excluding carboxylic acids is 1. The van der Waals surface area contributed by atoms with Gasteiger partial charge in [0, 0.05) is 16.8 Å². The van der Waals surface area contributed by atoms with Gasteiger partial charge in [0.1, 0.15) is 0 Å². The predicted octanol–water partition coefficient (Wildman–Crippen LogP) is 4.73. The molecule has 4 nitrogen and oxygen atoms in total. The molecule has 0 radical (unpaired) electrons. The van der Waals surface area contributed by atoms with Crippen molar-refractivity contribution in [3.05, 3.63) is 58.6 Å². The molecular weight excluding hydrogens is 332 g/mol. The first kappa shape index (κ1) is 14.5. The maximum absolute atomic E-state index is 12.7. The summed E-state index contributed by atoms with van der Waals surface area (Å²) in [7, 11) is 0. The first-order valence-corrected chi connectivity index (χ1v) is 8.51. The number of carbonyl (C=O) groups is 1. The zero-order chi connectivity index (χ0) is 15.9. The van der Waals surface area contributed by atoms with E-state index in [-0.39, 0.29) is 5.91 Å². The molecule has 1 amide bonds. The normalized spacial score (nSPS) is 15.3. The third-order valence-electron chi connectivity index (χ3n) is 4.05. The summed E-state index contributed by atoms with van der Waals surface area (Å²) >= 11 is 7.45. The van der Waals surface area contributed by atoms with Gasteiger partial charge in [-0.2, -0.15) is 0 Å². The Morgan fingerprint density at radius 2 is 2.04 bits per heavy atom. The third kappa shape index (κ3) is 2.66. The van der Waals surface area contributed by atoms with Crippen LogP contribution in [0.3, 0.4) is 0 Å². The Morgan fingerprint density at radius 1 is 1.26 bits per heavy atom. The van der Waals surface area contributed by atoms with E-state index in [4.69, 9.17) is 16.1 Å². The molecule has 4 rings (SSSR count). The average Bonchev–Trinajstić information content (AvgIpc) is 2.99. The van der Waals surface area contributed by atoms with Gasteiger partial charge in [-0.25, -0.2) is 0 Å². The summed E-state index contributed by atoms with van der Waals surface area (Å²) in [5.41, 5.74) is 0.860. The van der Waals surface area contributed by atoms with Crippen LogP contribution in [-0.4, -0.2) is 11.1 Å². The van der Waals surface area contributed by atoms with Gasteiger partial charge < -0.3 is 9.84 Å². The van der Waals surface area contributed by atoms with Crippen molar-refractivity contribution in [1.82, 2.24) is 5.16 Å². The van der Waals surface area contributed by atoms with Crippen molar-refractivity contribution in [2.45, 2.75) is 18.3 Å². The Bertz CT molecular complexity index is 836. The van der Waals surface area contributed by atoms with Crippen molar-refractivity contribution < 1.29 is 9.32 Å². The molecule has 1 fully saturated rings. The van der Waals surface area contributed by atoms with Gasteiger partial charge in [0.05, 0.1) is 16.0 Å². The molecule has 1 N–H and O–H groups in total. The molecule has 0 spiro atoms. The van der Waals surface area contributed by atoms with Crippen LogP contribution < -0.4 is 5.32 Å². The average molecular weight is 345 g/mol. The molecule has 1 aliphatic carbocycles. The summed E-state index contributed by atoms with van der Waals surface area (Å²) in [5.74, 6) is 0.659. The lowest BCUT2D eigenvalue weighted by molar-refractivity contribution is -0.118. The summed E-state index contributed by atoms with van der Waals surface area (Å²) in [6.45, 7) is 0. The van der Waals surface area contributed by atoms with E-state index in [0.717, 1.165) is 23.4 Å². The highest BCUT2D eigenvalue weighted by molar-refractivity contribution is 7.13. The highest BCUT2D eigenvalue weighted by Crippen LogP contribution is 2.49. The molecule has 3 aromatic rings. The van der Waals surface area contributed by atoms with E-state index in [1.807, 2.05) is 23.6 Å². The largest absolute Gasteiger partial charge is 0.355 e.